The molecule has 3 aliphatic rings. The summed E-state index contributed by atoms with van der Waals surface area (Å²) in [6.45, 7) is -0.424. The van der Waals surface area contributed by atoms with Gasteiger partial charge in [0.15, 0.2) is 0 Å². The first-order valence-corrected chi connectivity index (χ1v) is 10.8. The third-order valence-electron chi connectivity index (χ3n) is 7.54. The minimum absolute atomic E-state index is 0.0375. The Morgan fingerprint density at radius 3 is 2.24 bits per heavy atom. The van der Waals surface area contributed by atoms with Crippen LogP contribution in [0.1, 0.15) is 54.7 Å². The number of aliphatic hydroxyl groups is 2. The number of aryl methyl sites for hydroxylation is 1. The summed E-state index contributed by atoms with van der Waals surface area (Å²) in [5, 5.41) is 21.9. The molecular weight excluding hydrogens is 459 g/mol. The van der Waals surface area contributed by atoms with Crippen molar-refractivity contribution in [3.8, 4) is 0 Å². The fraction of sp³-hybridized carbons (Fsp3) is 0.682. The van der Waals surface area contributed by atoms with Crippen molar-refractivity contribution < 1.29 is 45.7 Å². The highest BCUT2D eigenvalue weighted by molar-refractivity contribution is 5.80. The number of aliphatic hydroxyl groups excluding tert-OH is 1. The Morgan fingerprint density at radius 1 is 1.03 bits per heavy atom. The van der Waals surface area contributed by atoms with Crippen LogP contribution < -0.4 is 5.32 Å². The van der Waals surface area contributed by atoms with Gasteiger partial charge in [0.1, 0.15) is 0 Å². The number of hydrogen-bond acceptors (Lipinski definition) is 3. The molecule has 0 radical (unpaired) electrons. The van der Waals surface area contributed by atoms with Gasteiger partial charge in [0.25, 0.3) is 0 Å². The molecule has 0 aromatic heterocycles. The molecule has 0 saturated heterocycles. The number of carbonyl (C=O) groups is 1. The second kappa shape index (κ2) is 7.83. The van der Waals surface area contributed by atoms with Crippen LogP contribution in [0.25, 0.3) is 0 Å². The van der Waals surface area contributed by atoms with Crippen molar-refractivity contribution in [2.45, 2.75) is 74.1 Å². The van der Waals surface area contributed by atoms with Gasteiger partial charge in [-0.15, -0.1) is 0 Å². The van der Waals surface area contributed by atoms with E-state index in [2.05, 4.69) is 5.32 Å². The van der Waals surface area contributed by atoms with Crippen LogP contribution in [0.5, 0.6) is 0 Å². The van der Waals surface area contributed by atoms with Crippen molar-refractivity contribution in [3.63, 3.8) is 0 Å². The third-order valence-corrected chi connectivity index (χ3v) is 7.54. The Hall–Kier alpha value is -1.88. The van der Waals surface area contributed by atoms with Gasteiger partial charge in [-0.1, -0.05) is 18.2 Å². The lowest BCUT2D eigenvalue weighted by Crippen LogP contribution is -2.54. The standard InChI is InChI=1S/C22H24F7NO3/c23-20(21(24,25)26,22(27,28)29)13-2-4-14-11(7-13)1-3-16-15(14)5-6-17(16)30-18(32)12-8-19(33,9-12)10-31/h2,4,7,12,15-17,31,33H,1,3,5-6,8-10H2,(H,30,32)/t12-,15-,16+,17+,19-/m0/s1. The number of alkyl halides is 7. The predicted molar refractivity (Wildman–Crippen MR) is 102 cm³/mol. The number of carbonyl (C=O) groups excluding carboxylic acids is 1. The van der Waals surface area contributed by atoms with Gasteiger partial charge in [-0.05, 0) is 61.5 Å². The molecule has 0 aliphatic heterocycles. The van der Waals surface area contributed by atoms with Gasteiger partial charge in [0.2, 0.25) is 5.91 Å². The van der Waals surface area contributed by atoms with Crippen molar-refractivity contribution in [1.82, 2.24) is 5.32 Å². The van der Waals surface area contributed by atoms with E-state index in [9.17, 15) is 40.6 Å². The van der Waals surface area contributed by atoms with E-state index in [1.165, 1.54) is 0 Å². The van der Waals surface area contributed by atoms with Gasteiger partial charge in [0.05, 0.1) is 12.2 Å². The molecule has 11 heteroatoms. The van der Waals surface area contributed by atoms with Crippen molar-refractivity contribution in [2.75, 3.05) is 6.61 Å². The fourth-order valence-electron chi connectivity index (χ4n) is 5.72. The molecule has 33 heavy (non-hydrogen) atoms. The summed E-state index contributed by atoms with van der Waals surface area (Å²) in [6, 6.07) is 2.20. The van der Waals surface area contributed by atoms with Crippen LogP contribution in [0.4, 0.5) is 30.7 Å². The second-order valence-corrected chi connectivity index (χ2v) is 9.56. The molecule has 1 aromatic rings. The van der Waals surface area contributed by atoms with Gasteiger partial charge in [-0.3, -0.25) is 4.79 Å². The lowest BCUT2D eigenvalue weighted by atomic mass is 9.70. The van der Waals surface area contributed by atoms with Crippen LogP contribution in [0.2, 0.25) is 0 Å². The first-order valence-electron chi connectivity index (χ1n) is 10.8. The van der Waals surface area contributed by atoms with Gasteiger partial charge >= 0.3 is 18.0 Å². The van der Waals surface area contributed by atoms with E-state index in [1.807, 2.05) is 0 Å². The van der Waals surface area contributed by atoms with Crippen molar-refractivity contribution in [1.29, 1.82) is 0 Å². The summed E-state index contributed by atoms with van der Waals surface area (Å²) >= 11 is 0. The fourth-order valence-corrected chi connectivity index (χ4v) is 5.72. The average molecular weight is 483 g/mol. The number of halogens is 7. The molecule has 2 fully saturated rings. The maximum atomic E-state index is 14.4. The number of amides is 1. The zero-order valence-electron chi connectivity index (χ0n) is 17.4. The van der Waals surface area contributed by atoms with Crippen LogP contribution in [0.15, 0.2) is 18.2 Å². The molecule has 0 spiro atoms. The Labute approximate surface area is 185 Å². The second-order valence-electron chi connectivity index (χ2n) is 9.56. The minimum atomic E-state index is -6.15. The summed E-state index contributed by atoms with van der Waals surface area (Å²) in [5.74, 6) is -0.848. The van der Waals surface area contributed by atoms with E-state index < -0.39 is 41.7 Å². The molecule has 0 bridgehead atoms. The minimum Gasteiger partial charge on any atom is -0.393 e. The summed E-state index contributed by atoms with van der Waals surface area (Å²) in [7, 11) is 0. The first kappa shape index (κ1) is 24.3. The van der Waals surface area contributed by atoms with Gasteiger partial charge in [-0.25, -0.2) is 4.39 Å². The quantitative estimate of drug-likeness (QED) is 0.567. The molecule has 3 aliphatic carbocycles. The lowest BCUT2D eigenvalue weighted by Gasteiger charge is -2.42. The van der Waals surface area contributed by atoms with Crippen molar-refractivity contribution in [3.05, 3.63) is 34.9 Å². The zero-order valence-corrected chi connectivity index (χ0v) is 17.4. The van der Waals surface area contributed by atoms with E-state index >= 15 is 0 Å². The number of nitrogens with one attached hydrogen (secondary N) is 1. The topological polar surface area (TPSA) is 69.6 Å². The number of benzene rings is 1. The monoisotopic (exact) mass is 483 g/mol. The Bertz CT molecular complexity index is 910. The average Bonchev–Trinajstić information content (AvgIpc) is 3.11. The molecule has 4 rings (SSSR count). The maximum Gasteiger partial charge on any atom is 0.435 e. The van der Waals surface area contributed by atoms with Crippen LogP contribution in [-0.2, 0) is 16.9 Å². The molecule has 4 nitrogen and oxygen atoms in total. The van der Waals surface area contributed by atoms with E-state index in [0.29, 0.717) is 37.0 Å². The Kier molecular flexibility index (Phi) is 5.75. The van der Waals surface area contributed by atoms with Crippen LogP contribution in [0.3, 0.4) is 0 Å². The Morgan fingerprint density at radius 2 is 1.67 bits per heavy atom. The molecule has 3 N–H and O–H groups in total. The molecule has 1 amide bonds. The number of fused-ring (bicyclic) bond motifs is 3. The summed E-state index contributed by atoms with van der Waals surface area (Å²) in [6.07, 6.45) is -10.2. The van der Waals surface area contributed by atoms with E-state index in [0.717, 1.165) is 6.07 Å². The SMILES string of the molecule is O=C(N[C@@H]1CC[C@H]2c3ccc(C(F)(C(F)(F)F)C(F)(F)F)cc3CC[C@@H]12)[C@H]1C[C@@](O)(CO)C1. The number of rotatable bonds is 4. The van der Waals surface area contributed by atoms with E-state index in [1.54, 1.807) is 0 Å². The third kappa shape index (κ3) is 3.90. The molecule has 1 aromatic carbocycles. The first-order chi connectivity index (χ1) is 15.2. The summed E-state index contributed by atoms with van der Waals surface area (Å²) in [4.78, 5) is 12.5. The van der Waals surface area contributed by atoms with Crippen molar-refractivity contribution in [2.24, 2.45) is 11.8 Å². The van der Waals surface area contributed by atoms with Gasteiger partial charge in [-0.2, -0.15) is 26.3 Å². The molecule has 184 valence electrons. The highest BCUT2D eigenvalue weighted by atomic mass is 19.4. The van der Waals surface area contributed by atoms with Crippen LogP contribution in [-0.4, -0.2) is 46.7 Å². The van der Waals surface area contributed by atoms with Gasteiger partial charge in [0, 0.05) is 17.5 Å². The van der Waals surface area contributed by atoms with Gasteiger partial charge < -0.3 is 15.5 Å². The largest absolute Gasteiger partial charge is 0.435 e. The smallest absolute Gasteiger partial charge is 0.393 e. The summed E-state index contributed by atoms with van der Waals surface area (Å²) < 4.78 is 93.1. The highest BCUT2D eigenvalue weighted by Gasteiger charge is 2.73. The molecular formula is C22H24F7NO3. The number of hydrogen-bond donors (Lipinski definition) is 3. The molecule has 3 atom stereocenters. The summed E-state index contributed by atoms with van der Waals surface area (Å²) in [5.41, 5.74) is -7.29. The highest BCUT2D eigenvalue weighted by Crippen LogP contribution is 2.55. The van der Waals surface area contributed by atoms with E-state index in [-0.39, 0.29) is 48.6 Å². The molecule has 0 heterocycles. The molecule has 0 unspecified atom stereocenters. The maximum absolute atomic E-state index is 14.4. The normalized spacial score (nSPS) is 32.0. The van der Waals surface area contributed by atoms with Crippen LogP contribution in [0, 0.1) is 11.8 Å². The predicted octanol–water partition coefficient (Wildman–Crippen LogP) is 4.03. The lowest BCUT2D eigenvalue weighted by molar-refractivity contribution is -0.348. The Balaban J connectivity index is 1.51. The van der Waals surface area contributed by atoms with Crippen molar-refractivity contribution >= 4 is 5.91 Å². The van der Waals surface area contributed by atoms with Crippen LogP contribution >= 0.6 is 0 Å². The van der Waals surface area contributed by atoms with E-state index in [4.69, 9.17) is 5.11 Å². The molecule has 2 saturated carbocycles. The zero-order chi connectivity index (χ0) is 24.4.